The Morgan fingerprint density at radius 1 is 1.15 bits per heavy atom. The molecule has 1 atom stereocenters. The molecule has 6 heteroatoms. The smallest absolute Gasteiger partial charge is 0.275 e. The van der Waals surface area contributed by atoms with Gasteiger partial charge < -0.3 is 4.90 Å². The van der Waals surface area contributed by atoms with E-state index in [4.69, 9.17) is 0 Å². The van der Waals surface area contributed by atoms with Crippen molar-refractivity contribution in [2.24, 2.45) is 0 Å². The van der Waals surface area contributed by atoms with Gasteiger partial charge in [0.15, 0.2) is 0 Å². The number of fused-ring (bicyclic) bond motifs is 1. The molecule has 0 aliphatic carbocycles. The Kier molecular flexibility index (Phi) is 4.03. The summed E-state index contributed by atoms with van der Waals surface area (Å²) in [5.41, 5.74) is 1.35. The maximum atomic E-state index is 13.1. The number of aryl methyl sites for hydroxylation is 1. The standard InChI is InChI=1S/C20H18FN3O2/c1-13-16-4-2-3-5-17(16)20(26)24(22-13)12-19(25)23-11-10-18(23)14-6-8-15(21)9-7-14/h2-9,18H,10-12H2,1H3/t18-/m1/s1. The number of hydrogen-bond donors (Lipinski definition) is 0. The van der Waals surface area contributed by atoms with E-state index in [2.05, 4.69) is 5.10 Å². The van der Waals surface area contributed by atoms with Crippen molar-refractivity contribution in [3.05, 3.63) is 76.0 Å². The lowest BCUT2D eigenvalue weighted by Gasteiger charge is -2.41. The number of benzene rings is 2. The van der Waals surface area contributed by atoms with E-state index in [1.165, 1.54) is 16.8 Å². The van der Waals surface area contributed by atoms with Gasteiger partial charge in [-0.25, -0.2) is 9.07 Å². The third-order valence-corrected chi connectivity index (χ3v) is 4.93. The number of nitrogens with zero attached hydrogens (tertiary/aromatic N) is 3. The molecule has 0 bridgehead atoms. The predicted molar refractivity (Wildman–Crippen MR) is 96.2 cm³/mol. The van der Waals surface area contributed by atoms with E-state index in [-0.39, 0.29) is 29.9 Å². The zero-order chi connectivity index (χ0) is 18.3. The molecule has 0 unspecified atom stereocenters. The van der Waals surface area contributed by atoms with E-state index >= 15 is 0 Å². The van der Waals surface area contributed by atoms with Crippen LogP contribution in [0.5, 0.6) is 0 Å². The lowest BCUT2D eigenvalue weighted by Crippen LogP contribution is -2.47. The van der Waals surface area contributed by atoms with Gasteiger partial charge in [0.05, 0.1) is 17.1 Å². The highest BCUT2D eigenvalue weighted by Gasteiger charge is 2.33. The Morgan fingerprint density at radius 2 is 1.85 bits per heavy atom. The van der Waals surface area contributed by atoms with Crippen LogP contribution in [0, 0.1) is 12.7 Å². The molecule has 2 heterocycles. The average Bonchev–Trinajstić information content (AvgIpc) is 2.60. The first-order chi connectivity index (χ1) is 12.5. The fourth-order valence-electron chi connectivity index (χ4n) is 3.45. The van der Waals surface area contributed by atoms with E-state index in [0.717, 1.165) is 17.4 Å². The van der Waals surface area contributed by atoms with Gasteiger partial charge in [0.2, 0.25) is 5.91 Å². The number of carbonyl (C=O) groups is 1. The highest BCUT2D eigenvalue weighted by molar-refractivity contribution is 5.84. The van der Waals surface area contributed by atoms with Crippen molar-refractivity contribution in [2.75, 3.05) is 6.54 Å². The van der Waals surface area contributed by atoms with E-state index in [1.807, 2.05) is 19.1 Å². The van der Waals surface area contributed by atoms with Gasteiger partial charge in [-0.2, -0.15) is 5.10 Å². The number of amides is 1. The van der Waals surface area contributed by atoms with Crippen LogP contribution in [0.3, 0.4) is 0 Å². The molecule has 2 aromatic carbocycles. The van der Waals surface area contributed by atoms with Gasteiger partial charge in [-0.15, -0.1) is 0 Å². The van der Waals surface area contributed by atoms with Gasteiger partial charge in [0.25, 0.3) is 5.56 Å². The van der Waals surface area contributed by atoms with E-state index in [9.17, 15) is 14.0 Å². The summed E-state index contributed by atoms with van der Waals surface area (Å²) < 4.78 is 14.3. The van der Waals surface area contributed by atoms with Crippen LogP contribution in [0.4, 0.5) is 4.39 Å². The molecule has 5 nitrogen and oxygen atoms in total. The van der Waals surface area contributed by atoms with Crippen LogP contribution < -0.4 is 5.56 Å². The minimum atomic E-state index is -0.298. The third-order valence-electron chi connectivity index (χ3n) is 4.93. The van der Waals surface area contributed by atoms with Crippen LogP contribution >= 0.6 is 0 Å². The number of halogens is 1. The number of likely N-dealkylation sites (tertiary alicyclic amines) is 1. The summed E-state index contributed by atoms with van der Waals surface area (Å²) in [5, 5.41) is 5.66. The molecule has 0 spiro atoms. The summed E-state index contributed by atoms with van der Waals surface area (Å²) in [6.07, 6.45) is 0.830. The van der Waals surface area contributed by atoms with Crippen LogP contribution in [0.25, 0.3) is 10.8 Å². The summed E-state index contributed by atoms with van der Waals surface area (Å²) in [6, 6.07) is 13.4. The molecule has 132 valence electrons. The molecule has 0 saturated carbocycles. The molecule has 1 amide bonds. The van der Waals surface area contributed by atoms with E-state index in [1.54, 1.807) is 29.2 Å². The molecule has 26 heavy (non-hydrogen) atoms. The molecule has 1 aliphatic rings. The molecular formula is C20H18FN3O2. The minimum absolute atomic E-state index is 0.0691. The molecule has 1 aliphatic heterocycles. The summed E-state index contributed by atoms with van der Waals surface area (Å²) in [5.74, 6) is -0.455. The van der Waals surface area contributed by atoms with Crippen LogP contribution in [-0.2, 0) is 11.3 Å². The Morgan fingerprint density at radius 3 is 2.50 bits per heavy atom. The first kappa shape index (κ1) is 16.4. The Bertz CT molecular complexity index is 1040. The zero-order valence-corrected chi connectivity index (χ0v) is 14.4. The second-order valence-corrected chi connectivity index (χ2v) is 6.54. The Hall–Kier alpha value is -3.02. The van der Waals surface area contributed by atoms with Gasteiger partial charge >= 0.3 is 0 Å². The SMILES string of the molecule is Cc1nn(CC(=O)N2CC[C@@H]2c2ccc(F)cc2)c(=O)c2ccccc12. The fraction of sp³-hybridized carbons (Fsp3) is 0.250. The van der Waals surface area contributed by atoms with Crippen molar-refractivity contribution >= 4 is 16.7 Å². The maximum Gasteiger partial charge on any atom is 0.275 e. The summed E-state index contributed by atoms with van der Waals surface area (Å²) in [7, 11) is 0. The fourth-order valence-corrected chi connectivity index (χ4v) is 3.45. The van der Waals surface area contributed by atoms with Crippen LogP contribution in [0.1, 0.15) is 23.7 Å². The van der Waals surface area contributed by atoms with Crippen molar-refractivity contribution in [2.45, 2.75) is 25.9 Å². The molecule has 1 saturated heterocycles. The summed E-state index contributed by atoms with van der Waals surface area (Å²) in [4.78, 5) is 27.0. The van der Waals surface area contributed by atoms with Gasteiger partial charge in [-0.05, 0) is 37.1 Å². The second kappa shape index (κ2) is 6.37. The first-order valence-corrected chi connectivity index (χ1v) is 8.56. The molecule has 0 N–H and O–H groups in total. The Balaban J connectivity index is 1.59. The highest BCUT2D eigenvalue weighted by atomic mass is 19.1. The number of rotatable bonds is 3. The lowest BCUT2D eigenvalue weighted by molar-refractivity contribution is -0.140. The third kappa shape index (κ3) is 2.77. The topological polar surface area (TPSA) is 55.2 Å². The molecule has 1 fully saturated rings. The zero-order valence-electron chi connectivity index (χ0n) is 14.4. The molecule has 1 aromatic heterocycles. The van der Waals surface area contributed by atoms with Crippen molar-refractivity contribution in [3.8, 4) is 0 Å². The highest BCUT2D eigenvalue weighted by Crippen LogP contribution is 2.33. The van der Waals surface area contributed by atoms with Crippen LogP contribution in [0.2, 0.25) is 0 Å². The maximum absolute atomic E-state index is 13.1. The van der Waals surface area contributed by atoms with Crippen molar-refractivity contribution in [1.29, 1.82) is 0 Å². The molecule has 3 aromatic rings. The monoisotopic (exact) mass is 351 g/mol. The predicted octanol–water partition coefficient (Wildman–Crippen LogP) is 2.82. The Labute approximate surface area is 149 Å². The van der Waals surface area contributed by atoms with Crippen LogP contribution in [-0.4, -0.2) is 27.1 Å². The summed E-state index contributed by atoms with van der Waals surface area (Å²) in [6.45, 7) is 2.36. The van der Waals surface area contributed by atoms with Crippen molar-refractivity contribution in [3.63, 3.8) is 0 Å². The summed E-state index contributed by atoms with van der Waals surface area (Å²) >= 11 is 0. The molecular weight excluding hydrogens is 333 g/mol. The quantitative estimate of drug-likeness (QED) is 0.729. The van der Waals surface area contributed by atoms with E-state index < -0.39 is 0 Å². The number of hydrogen-bond acceptors (Lipinski definition) is 3. The number of carbonyl (C=O) groups excluding carboxylic acids is 1. The molecule has 4 rings (SSSR count). The largest absolute Gasteiger partial charge is 0.334 e. The minimum Gasteiger partial charge on any atom is -0.334 e. The van der Waals surface area contributed by atoms with Crippen molar-refractivity contribution < 1.29 is 9.18 Å². The van der Waals surface area contributed by atoms with Crippen LogP contribution in [0.15, 0.2) is 53.3 Å². The van der Waals surface area contributed by atoms with Gasteiger partial charge in [-0.3, -0.25) is 9.59 Å². The van der Waals surface area contributed by atoms with Gasteiger partial charge in [0.1, 0.15) is 12.4 Å². The molecule has 0 radical (unpaired) electrons. The van der Waals surface area contributed by atoms with Gasteiger partial charge in [-0.1, -0.05) is 30.3 Å². The lowest BCUT2D eigenvalue weighted by atomic mass is 9.94. The normalized spacial score (nSPS) is 16.5. The van der Waals surface area contributed by atoms with E-state index in [0.29, 0.717) is 17.6 Å². The number of aromatic nitrogens is 2. The van der Waals surface area contributed by atoms with Crippen molar-refractivity contribution in [1.82, 2.24) is 14.7 Å². The second-order valence-electron chi connectivity index (χ2n) is 6.54. The van der Waals surface area contributed by atoms with Gasteiger partial charge in [0, 0.05) is 11.9 Å². The average molecular weight is 351 g/mol. The first-order valence-electron chi connectivity index (χ1n) is 8.56.